The molecule has 0 fully saturated rings. The van der Waals surface area contributed by atoms with E-state index in [1.54, 1.807) is 13.8 Å². The second kappa shape index (κ2) is 10.2. The number of rotatable bonds is 9. The topological polar surface area (TPSA) is 157 Å². The number of carbonyl (C=O) groups is 1. The Morgan fingerprint density at radius 2 is 2.30 bits per heavy atom. The lowest BCUT2D eigenvalue weighted by molar-refractivity contribution is -0.154. The number of likely N-dealkylation sites (N-methyl/N-ethyl adjacent to an activating group) is 1. The Bertz CT molecular complexity index is 1010. The smallest absolute Gasteiger partial charge is 0.323 e. The van der Waals surface area contributed by atoms with Crippen molar-refractivity contribution >= 4 is 35.5 Å². The average Bonchev–Trinajstić information content (AvgIpc) is 3.01. The van der Waals surface area contributed by atoms with Crippen LogP contribution in [0, 0.1) is 5.92 Å². The summed E-state index contributed by atoms with van der Waals surface area (Å²) < 4.78 is 50.1. The van der Waals surface area contributed by atoms with Crippen molar-refractivity contribution in [3.63, 3.8) is 0 Å². The Morgan fingerprint density at radius 1 is 1.59 bits per heavy atom. The van der Waals surface area contributed by atoms with Gasteiger partial charge in [0.2, 0.25) is 5.95 Å². The summed E-state index contributed by atoms with van der Waals surface area (Å²) in [5.41, 5.74) is 4.60. The quantitative estimate of drug-likeness (QED) is 0.391. The minimum atomic E-state index is -3.62. The van der Waals surface area contributed by atoms with Gasteiger partial charge >= 0.3 is 5.97 Å². The molecule has 2 aromatic rings. The van der Waals surface area contributed by atoms with Crippen molar-refractivity contribution in [2.45, 2.75) is 32.7 Å². The number of aromatic nitrogens is 4. The third-order valence-electron chi connectivity index (χ3n) is 3.42. The molecule has 11 nitrogen and oxygen atoms in total. The number of hydrogen-bond donors (Lipinski definition) is 4. The molecular formula is C15H25ClN6O5. The normalized spacial score (nSPS) is 18.3. The first kappa shape index (κ1) is 15.8. The Balaban J connectivity index is 0.00000512. The van der Waals surface area contributed by atoms with Crippen LogP contribution in [0.1, 0.15) is 20.7 Å². The van der Waals surface area contributed by atoms with Gasteiger partial charge in [0.15, 0.2) is 11.2 Å². The van der Waals surface area contributed by atoms with Gasteiger partial charge in [0.05, 0.1) is 19.7 Å². The minimum Gasteiger partial charge on any atom is -0.462 e. The fourth-order valence-corrected chi connectivity index (χ4v) is 2.17. The zero-order valence-electron chi connectivity index (χ0n) is 19.8. The summed E-state index contributed by atoms with van der Waals surface area (Å²) in [5.74, 6) is -1.67. The molecule has 1 unspecified atom stereocenters. The molecule has 0 saturated carbocycles. The SMILES string of the molecule is Cl.[2H]C([2H])(O)C([2H])(OCn1cnc2c(=O)[nH]c(N)nc21)C([2H])([2H])OC(=O)[C@@H](NC)C(C)C. The number of nitrogens with one attached hydrogen (secondary N) is 2. The van der Waals surface area contributed by atoms with Gasteiger partial charge in [-0.15, -0.1) is 12.4 Å². The number of ether oxygens (including phenoxy) is 2. The summed E-state index contributed by atoms with van der Waals surface area (Å²) in [6.07, 6.45) is -2.37. The summed E-state index contributed by atoms with van der Waals surface area (Å²) in [7, 11) is 1.45. The number of hydrogen-bond acceptors (Lipinski definition) is 9. The fraction of sp³-hybridized carbons (Fsp3) is 0.600. The van der Waals surface area contributed by atoms with E-state index in [4.69, 9.17) is 22.1 Å². The molecule has 5 N–H and O–H groups in total. The van der Waals surface area contributed by atoms with Crippen LogP contribution in [0.25, 0.3) is 11.2 Å². The maximum atomic E-state index is 12.3. The number of aliphatic hydroxyl groups is 1. The molecule has 0 aliphatic rings. The molecule has 2 rings (SSSR count). The molecule has 0 aliphatic heterocycles. The van der Waals surface area contributed by atoms with Gasteiger partial charge in [-0.1, -0.05) is 13.8 Å². The first-order chi connectivity index (χ1) is 14.1. The monoisotopic (exact) mass is 409 g/mol. The molecule has 12 heteroatoms. The zero-order valence-corrected chi connectivity index (χ0v) is 15.7. The van der Waals surface area contributed by atoms with Gasteiger partial charge in [0.1, 0.15) is 25.4 Å². The number of esters is 1. The van der Waals surface area contributed by atoms with E-state index in [1.165, 1.54) is 7.05 Å². The molecule has 2 heterocycles. The van der Waals surface area contributed by atoms with Crippen molar-refractivity contribution in [3.05, 3.63) is 16.7 Å². The number of nitrogens with zero attached hydrogens (tertiary/aromatic N) is 3. The van der Waals surface area contributed by atoms with Crippen molar-refractivity contribution in [2.75, 3.05) is 25.9 Å². The number of anilines is 1. The fourth-order valence-electron chi connectivity index (χ4n) is 2.17. The number of H-pyrrole nitrogens is 1. The molecule has 2 atom stereocenters. The molecule has 0 bridgehead atoms. The number of nitrogen functional groups attached to an aromatic ring is 1. The van der Waals surface area contributed by atoms with Gasteiger partial charge in [-0.2, -0.15) is 4.98 Å². The van der Waals surface area contributed by atoms with E-state index in [0.29, 0.717) is 0 Å². The second-order valence-corrected chi connectivity index (χ2v) is 5.59. The lowest BCUT2D eigenvalue weighted by Gasteiger charge is -2.21. The maximum absolute atomic E-state index is 12.3. The Hall–Kier alpha value is -2.21. The molecule has 0 amide bonds. The Kier molecular flexibility index (Phi) is 5.98. The number of halogens is 1. The number of carbonyl (C=O) groups excluding carboxylic acids is 1. The number of imidazole rings is 1. The van der Waals surface area contributed by atoms with Gasteiger partial charge in [-0.25, -0.2) is 4.98 Å². The zero-order chi connectivity index (χ0) is 23.8. The van der Waals surface area contributed by atoms with Crippen molar-refractivity contribution in [2.24, 2.45) is 5.92 Å². The van der Waals surface area contributed by atoms with E-state index < -0.39 is 43.5 Å². The van der Waals surface area contributed by atoms with E-state index >= 15 is 0 Å². The number of nitrogens with two attached hydrogens (primary N) is 1. The number of fused-ring (bicyclic) bond motifs is 1. The molecular weight excluding hydrogens is 380 g/mol. The first-order valence-corrected chi connectivity index (χ1v) is 7.61. The molecule has 27 heavy (non-hydrogen) atoms. The highest BCUT2D eigenvalue weighted by Gasteiger charge is 2.23. The van der Waals surface area contributed by atoms with Crippen molar-refractivity contribution in [1.82, 2.24) is 24.8 Å². The van der Waals surface area contributed by atoms with Gasteiger partial charge in [-0.3, -0.25) is 19.1 Å². The van der Waals surface area contributed by atoms with Crippen LogP contribution in [0.15, 0.2) is 11.1 Å². The van der Waals surface area contributed by atoms with Crippen LogP contribution in [0.4, 0.5) is 5.95 Å². The molecule has 152 valence electrons. The van der Waals surface area contributed by atoms with Crippen LogP contribution in [-0.2, 0) is 21.0 Å². The average molecular weight is 410 g/mol. The second-order valence-electron chi connectivity index (χ2n) is 5.59. The highest BCUT2D eigenvalue weighted by molar-refractivity contribution is 5.85. The summed E-state index contributed by atoms with van der Waals surface area (Å²) in [4.78, 5) is 34.1. The van der Waals surface area contributed by atoms with Crippen LogP contribution < -0.4 is 16.6 Å². The van der Waals surface area contributed by atoms with Crippen molar-refractivity contribution in [3.8, 4) is 0 Å². The van der Waals surface area contributed by atoms with E-state index in [2.05, 4.69) is 20.3 Å². The standard InChI is InChI=1S/C15H24N6O5.ClH/c1-8(2)10(17-3)14(24)25-5-9(4-22)26-7-21-6-18-11-12(21)19-15(16)20-13(11)23;/h6,8-10,17,22H,4-5,7H2,1-3H3,(H3,16,19,20,23);1H/t9?,10-;/m0./s1/i4D2,5D2,9D;. The van der Waals surface area contributed by atoms with Gasteiger partial charge in [-0.05, 0) is 13.0 Å². The van der Waals surface area contributed by atoms with Crippen LogP contribution >= 0.6 is 12.4 Å². The van der Waals surface area contributed by atoms with E-state index in [-0.39, 0.29) is 35.4 Å². The number of aromatic amines is 1. The molecule has 0 aliphatic carbocycles. The predicted molar refractivity (Wildman–Crippen MR) is 100 cm³/mol. The highest BCUT2D eigenvalue weighted by Crippen LogP contribution is 2.08. The van der Waals surface area contributed by atoms with Crippen LogP contribution in [0.5, 0.6) is 0 Å². The van der Waals surface area contributed by atoms with Gasteiger partial charge < -0.3 is 25.6 Å². The van der Waals surface area contributed by atoms with Crippen molar-refractivity contribution < 1.29 is 26.2 Å². The van der Waals surface area contributed by atoms with Crippen LogP contribution in [0.2, 0.25) is 0 Å². The first-order valence-electron chi connectivity index (χ1n) is 10.1. The predicted octanol–water partition coefficient (Wildman–Crippen LogP) is -0.754. The molecule has 0 radical (unpaired) electrons. The Labute approximate surface area is 168 Å². The van der Waals surface area contributed by atoms with Crippen LogP contribution in [-0.4, -0.2) is 62.9 Å². The van der Waals surface area contributed by atoms with Gasteiger partial charge in [0.25, 0.3) is 5.56 Å². The summed E-state index contributed by atoms with van der Waals surface area (Å²) >= 11 is 0. The summed E-state index contributed by atoms with van der Waals surface area (Å²) in [6.45, 7) is -4.51. The molecule has 0 aromatic carbocycles. The van der Waals surface area contributed by atoms with Crippen LogP contribution in [0.3, 0.4) is 0 Å². The Morgan fingerprint density at radius 3 is 2.89 bits per heavy atom. The van der Waals surface area contributed by atoms with E-state index in [9.17, 15) is 14.7 Å². The highest BCUT2D eigenvalue weighted by atomic mass is 35.5. The van der Waals surface area contributed by atoms with E-state index in [0.717, 1.165) is 10.9 Å². The minimum absolute atomic E-state index is 0. The molecule has 0 saturated heterocycles. The lowest BCUT2D eigenvalue weighted by atomic mass is 10.1. The van der Waals surface area contributed by atoms with Gasteiger partial charge in [0, 0.05) is 0 Å². The lowest BCUT2D eigenvalue weighted by Crippen LogP contribution is -2.41. The summed E-state index contributed by atoms with van der Waals surface area (Å²) in [5, 5.41) is 12.5. The molecule has 0 spiro atoms. The van der Waals surface area contributed by atoms with E-state index in [1.807, 2.05) is 0 Å². The maximum Gasteiger partial charge on any atom is 0.323 e. The largest absolute Gasteiger partial charge is 0.462 e. The molecule has 2 aromatic heterocycles. The third kappa shape index (κ3) is 5.63. The third-order valence-corrected chi connectivity index (χ3v) is 3.42. The van der Waals surface area contributed by atoms with Crippen molar-refractivity contribution in [1.29, 1.82) is 0 Å². The summed E-state index contributed by atoms with van der Waals surface area (Å²) in [6, 6.07) is -0.958.